The average Bonchev–Trinajstić information content (AvgIpc) is 3.63. The smallest absolute Gasteiger partial charge is 0.416 e. The number of amides is 3. The van der Waals surface area contributed by atoms with Gasteiger partial charge < -0.3 is 35.1 Å². The van der Waals surface area contributed by atoms with E-state index in [2.05, 4.69) is 10.6 Å². The quantitative estimate of drug-likeness (QED) is 0.244. The van der Waals surface area contributed by atoms with Crippen molar-refractivity contribution in [3.8, 4) is 0 Å². The number of aromatic nitrogens is 2. The molecule has 0 aliphatic carbocycles. The van der Waals surface area contributed by atoms with Crippen molar-refractivity contribution in [2.75, 3.05) is 31.6 Å². The Kier molecular flexibility index (Phi) is 10.3. The Morgan fingerprint density at radius 1 is 1.12 bits per heavy atom. The van der Waals surface area contributed by atoms with Gasteiger partial charge in [-0.15, -0.1) is 0 Å². The number of alkyl carbamates (subject to hydrolysis) is 1. The summed E-state index contributed by atoms with van der Waals surface area (Å²) in [5.74, 6) is -1.41. The van der Waals surface area contributed by atoms with E-state index in [-0.39, 0.29) is 48.8 Å². The molecule has 3 heterocycles. The van der Waals surface area contributed by atoms with Crippen molar-refractivity contribution >= 4 is 40.6 Å². The van der Waals surface area contributed by atoms with Crippen molar-refractivity contribution in [3.63, 3.8) is 0 Å². The van der Waals surface area contributed by atoms with Crippen LogP contribution in [-0.4, -0.2) is 80.6 Å². The Labute approximate surface area is 245 Å². The summed E-state index contributed by atoms with van der Waals surface area (Å²) in [5.41, 5.74) is -0.339. The molecule has 4 rings (SSSR count). The minimum Gasteiger partial charge on any atom is -0.464 e. The van der Waals surface area contributed by atoms with Crippen LogP contribution in [0.1, 0.15) is 31.4 Å². The maximum Gasteiger partial charge on any atom is 0.416 e. The van der Waals surface area contributed by atoms with E-state index in [1.807, 2.05) is 0 Å². The first-order valence-electron chi connectivity index (χ1n) is 13.7. The molecule has 43 heavy (non-hydrogen) atoms. The predicted molar refractivity (Wildman–Crippen MR) is 153 cm³/mol. The van der Waals surface area contributed by atoms with Gasteiger partial charge in [-0.05, 0) is 68.2 Å². The topological polar surface area (TPSA) is 172 Å². The normalized spacial score (nSPS) is 13.8. The maximum absolute atomic E-state index is 13.7. The molecule has 0 radical (unpaired) electrons. The van der Waals surface area contributed by atoms with Gasteiger partial charge in [-0.1, -0.05) is 6.08 Å². The number of nitrogens with zero attached hydrogens (tertiary/aromatic N) is 3. The van der Waals surface area contributed by atoms with Gasteiger partial charge in [-0.2, -0.15) is 0 Å². The van der Waals surface area contributed by atoms with Crippen LogP contribution in [0.15, 0.2) is 59.5 Å². The summed E-state index contributed by atoms with van der Waals surface area (Å²) < 4.78 is 20.7. The fraction of sp³-hybridized carbons (Fsp3) is 0.345. The molecule has 1 aromatic carbocycles. The third-order valence-corrected chi connectivity index (χ3v) is 6.87. The van der Waals surface area contributed by atoms with Crippen molar-refractivity contribution in [1.29, 1.82) is 0 Å². The predicted octanol–water partition coefficient (Wildman–Crippen LogP) is 2.50. The van der Waals surface area contributed by atoms with Gasteiger partial charge in [-0.25, -0.2) is 18.5 Å². The van der Waals surface area contributed by atoms with Crippen LogP contribution in [0.5, 0.6) is 0 Å². The molecule has 0 spiro atoms. The zero-order valence-electron chi connectivity index (χ0n) is 23.2. The molecule has 1 aliphatic heterocycles. The SMILES string of the molecule is O=C(NC(CCC=CC(=O)N1CCCC1)C(=O)Nc1cccn(Cc2cc3cc(F)ccc3n2C(=O)O)c1=O)OCCO. The van der Waals surface area contributed by atoms with Gasteiger partial charge in [0.2, 0.25) is 11.8 Å². The summed E-state index contributed by atoms with van der Waals surface area (Å²) in [6, 6.07) is 6.80. The van der Waals surface area contributed by atoms with Gasteiger partial charge in [0, 0.05) is 30.4 Å². The number of hydrogen-bond acceptors (Lipinski definition) is 7. The van der Waals surface area contributed by atoms with E-state index in [0.29, 0.717) is 18.5 Å². The maximum atomic E-state index is 13.7. The summed E-state index contributed by atoms with van der Waals surface area (Å²) in [5, 5.41) is 23.9. The number of ether oxygens (including phenoxy) is 1. The number of anilines is 1. The van der Waals surface area contributed by atoms with Gasteiger partial charge >= 0.3 is 12.2 Å². The molecule has 14 heteroatoms. The molecule has 1 fully saturated rings. The first kappa shape index (κ1) is 31.0. The van der Waals surface area contributed by atoms with Crippen molar-refractivity contribution in [2.24, 2.45) is 0 Å². The Morgan fingerprint density at radius 3 is 2.60 bits per heavy atom. The first-order chi connectivity index (χ1) is 20.7. The highest BCUT2D eigenvalue weighted by molar-refractivity contribution is 5.96. The number of nitrogens with one attached hydrogen (secondary N) is 2. The van der Waals surface area contributed by atoms with Crippen LogP contribution in [0.4, 0.5) is 19.7 Å². The van der Waals surface area contributed by atoms with Crippen molar-refractivity contribution in [1.82, 2.24) is 19.4 Å². The van der Waals surface area contributed by atoms with E-state index in [4.69, 9.17) is 9.84 Å². The largest absolute Gasteiger partial charge is 0.464 e. The number of hydrogen-bond donors (Lipinski definition) is 4. The van der Waals surface area contributed by atoms with Crippen LogP contribution in [-0.2, 0) is 20.9 Å². The highest BCUT2D eigenvalue weighted by Gasteiger charge is 2.23. The monoisotopic (exact) mass is 597 g/mol. The number of benzene rings is 1. The fourth-order valence-corrected chi connectivity index (χ4v) is 4.82. The van der Waals surface area contributed by atoms with E-state index in [0.717, 1.165) is 23.5 Å². The van der Waals surface area contributed by atoms with Gasteiger partial charge in [0.05, 0.1) is 18.7 Å². The average molecular weight is 598 g/mol. The first-order valence-corrected chi connectivity index (χ1v) is 13.7. The summed E-state index contributed by atoms with van der Waals surface area (Å²) in [6.45, 7) is 0.491. The molecule has 4 N–H and O–H groups in total. The van der Waals surface area contributed by atoms with Crippen LogP contribution in [0.25, 0.3) is 10.9 Å². The molecule has 1 aliphatic rings. The van der Waals surface area contributed by atoms with Gasteiger partial charge in [-0.3, -0.25) is 14.4 Å². The minimum absolute atomic E-state index is 0.0696. The number of carbonyl (C=O) groups is 4. The molecule has 3 amide bonds. The number of halogens is 1. The number of fused-ring (bicyclic) bond motifs is 1. The Bertz CT molecular complexity index is 1590. The van der Waals surface area contributed by atoms with E-state index >= 15 is 0 Å². The molecule has 1 unspecified atom stereocenters. The van der Waals surface area contributed by atoms with Crippen LogP contribution < -0.4 is 16.2 Å². The van der Waals surface area contributed by atoms with Crippen LogP contribution >= 0.6 is 0 Å². The zero-order chi connectivity index (χ0) is 30.9. The van der Waals surface area contributed by atoms with Gasteiger partial charge in [0.15, 0.2) is 0 Å². The third kappa shape index (κ3) is 7.86. The Morgan fingerprint density at radius 2 is 1.88 bits per heavy atom. The summed E-state index contributed by atoms with van der Waals surface area (Å²) in [4.78, 5) is 64.5. The second kappa shape index (κ2) is 14.3. The Hall–Kier alpha value is -4.98. The second-order valence-electron chi connectivity index (χ2n) is 9.87. The number of aliphatic hydroxyl groups is 1. The second-order valence-corrected chi connectivity index (χ2v) is 9.87. The van der Waals surface area contributed by atoms with Crippen LogP contribution in [0.2, 0.25) is 0 Å². The van der Waals surface area contributed by atoms with Crippen molar-refractivity contribution < 1.29 is 38.5 Å². The highest BCUT2D eigenvalue weighted by atomic mass is 19.1. The van der Waals surface area contributed by atoms with E-state index in [1.54, 1.807) is 11.0 Å². The fourth-order valence-electron chi connectivity index (χ4n) is 4.82. The lowest BCUT2D eigenvalue weighted by Gasteiger charge is -2.18. The number of aliphatic hydroxyl groups excluding tert-OH is 1. The standard InChI is InChI=1S/C29H32FN5O8/c30-20-9-10-24-19(16-20)17-21(35(24)29(41)42)18-34-13-5-7-23(27(34)39)31-26(38)22(32-28(40)43-15-14-36)6-1-2-8-25(37)33-11-3-4-12-33/h2,5,7-10,13,16-17,22,36H,1,3-4,6,11-12,14-15,18H2,(H,31,38)(H,32,40)(H,41,42). The van der Waals surface area contributed by atoms with Gasteiger partial charge in [0.25, 0.3) is 5.56 Å². The summed E-state index contributed by atoms with van der Waals surface area (Å²) in [6.07, 6.45) is 4.39. The number of likely N-dealkylation sites (tertiary alicyclic amines) is 1. The third-order valence-electron chi connectivity index (χ3n) is 6.87. The lowest BCUT2D eigenvalue weighted by Crippen LogP contribution is -2.45. The van der Waals surface area contributed by atoms with E-state index < -0.39 is 42.1 Å². The molecule has 1 saturated heterocycles. The van der Waals surface area contributed by atoms with Gasteiger partial charge in [0.1, 0.15) is 24.2 Å². The number of carbonyl (C=O) groups excluding carboxylic acids is 3. The molecule has 0 bridgehead atoms. The van der Waals surface area contributed by atoms with Crippen LogP contribution in [0.3, 0.4) is 0 Å². The number of rotatable bonds is 11. The molecular weight excluding hydrogens is 565 g/mol. The van der Waals surface area contributed by atoms with Crippen molar-refractivity contribution in [3.05, 3.63) is 76.6 Å². The highest BCUT2D eigenvalue weighted by Crippen LogP contribution is 2.22. The zero-order valence-corrected chi connectivity index (χ0v) is 23.2. The number of allylic oxidation sites excluding steroid dienone is 1. The van der Waals surface area contributed by atoms with E-state index in [1.165, 1.54) is 47.2 Å². The molecule has 13 nitrogen and oxygen atoms in total. The molecular formula is C29H32FN5O8. The lowest BCUT2D eigenvalue weighted by atomic mass is 10.1. The van der Waals surface area contributed by atoms with E-state index in [9.17, 15) is 33.5 Å². The Balaban J connectivity index is 1.49. The molecule has 2 aromatic heterocycles. The summed E-state index contributed by atoms with van der Waals surface area (Å²) in [7, 11) is 0. The minimum atomic E-state index is -1.31. The molecule has 3 aromatic rings. The molecule has 228 valence electrons. The molecule has 0 saturated carbocycles. The molecule has 1 atom stereocenters. The lowest BCUT2D eigenvalue weighted by molar-refractivity contribution is -0.125. The van der Waals surface area contributed by atoms with Crippen LogP contribution in [0, 0.1) is 5.82 Å². The number of pyridine rings is 1. The van der Waals surface area contributed by atoms with Crippen molar-refractivity contribution in [2.45, 2.75) is 38.3 Å². The number of carboxylic acid groups (broad SMARTS) is 1. The summed E-state index contributed by atoms with van der Waals surface area (Å²) >= 11 is 0.